The molecule has 1 fully saturated rings. The van der Waals surface area contributed by atoms with Gasteiger partial charge in [-0.1, -0.05) is 24.3 Å². The summed E-state index contributed by atoms with van der Waals surface area (Å²) in [5.41, 5.74) is 2.28. The van der Waals surface area contributed by atoms with Gasteiger partial charge in [-0.25, -0.2) is 4.79 Å². The first-order valence-corrected chi connectivity index (χ1v) is 8.95. The molecule has 0 atom stereocenters. The summed E-state index contributed by atoms with van der Waals surface area (Å²) in [5.74, 6) is 1.36. The summed E-state index contributed by atoms with van der Waals surface area (Å²) in [6, 6.07) is 11.2. The van der Waals surface area contributed by atoms with E-state index in [1.54, 1.807) is 12.1 Å². The van der Waals surface area contributed by atoms with Gasteiger partial charge < -0.3 is 19.2 Å². The molecule has 2 N–H and O–H groups in total. The molecule has 140 valence electrons. The second-order valence-corrected chi connectivity index (χ2v) is 7.91. The van der Waals surface area contributed by atoms with E-state index in [0.717, 1.165) is 22.3 Å². The minimum atomic E-state index is -1.10. The molecule has 2 aromatic carbocycles. The van der Waals surface area contributed by atoms with Gasteiger partial charge in [0.05, 0.1) is 16.9 Å². The molecular formula is C20H22BNO5. The highest BCUT2D eigenvalue weighted by Gasteiger charge is 2.52. The molecule has 1 saturated heterocycles. The lowest BCUT2D eigenvalue weighted by Gasteiger charge is -2.32. The Morgan fingerprint density at radius 3 is 2.41 bits per heavy atom. The molecule has 2 aromatic rings. The number of fused-ring (bicyclic) bond motifs is 2. The van der Waals surface area contributed by atoms with E-state index in [-0.39, 0.29) is 0 Å². The van der Waals surface area contributed by atoms with E-state index < -0.39 is 24.4 Å². The Balaban J connectivity index is 1.71. The van der Waals surface area contributed by atoms with Gasteiger partial charge in [0.1, 0.15) is 11.5 Å². The molecule has 2 aliphatic rings. The second kappa shape index (κ2) is 6.01. The molecule has 0 saturated carbocycles. The Labute approximate surface area is 158 Å². The van der Waals surface area contributed by atoms with Crippen LogP contribution in [0.15, 0.2) is 36.4 Å². The van der Waals surface area contributed by atoms with Gasteiger partial charge in [0.2, 0.25) is 0 Å². The van der Waals surface area contributed by atoms with E-state index in [9.17, 15) is 4.79 Å². The molecule has 1 amide bonds. The van der Waals surface area contributed by atoms with E-state index >= 15 is 0 Å². The average Bonchev–Trinajstić information content (AvgIpc) is 2.80. The van der Waals surface area contributed by atoms with Crippen LogP contribution in [0.3, 0.4) is 0 Å². The van der Waals surface area contributed by atoms with Crippen molar-refractivity contribution in [2.45, 2.75) is 45.3 Å². The maximum atomic E-state index is 11.1. The van der Waals surface area contributed by atoms with Crippen LogP contribution in [0.1, 0.15) is 38.8 Å². The molecule has 2 heterocycles. The number of amides is 1. The molecule has 2 aliphatic heterocycles. The van der Waals surface area contributed by atoms with Crippen molar-refractivity contribution in [3.05, 3.63) is 47.5 Å². The van der Waals surface area contributed by atoms with E-state index in [2.05, 4.69) is 5.32 Å². The van der Waals surface area contributed by atoms with Crippen LogP contribution in [0.4, 0.5) is 10.5 Å². The molecule has 0 radical (unpaired) electrons. The van der Waals surface area contributed by atoms with Crippen molar-refractivity contribution < 1.29 is 23.9 Å². The van der Waals surface area contributed by atoms with Crippen LogP contribution < -0.4 is 15.5 Å². The normalized spacial score (nSPS) is 19.0. The van der Waals surface area contributed by atoms with Gasteiger partial charge >= 0.3 is 13.2 Å². The standard InChI is InChI=1S/C20H22BNO5/c1-19(2)20(3,4)27-21(26-19)14-8-5-7-12-11-13-15(22-18(23)24)9-6-10-16(13)25-17(12)14/h5-10,22H,11H2,1-4H3,(H,23,24). The number of nitrogens with one attached hydrogen (secondary N) is 1. The number of hydrogen-bond acceptors (Lipinski definition) is 4. The second-order valence-electron chi connectivity index (χ2n) is 7.91. The molecule has 27 heavy (non-hydrogen) atoms. The monoisotopic (exact) mass is 367 g/mol. The summed E-state index contributed by atoms with van der Waals surface area (Å²) in [7, 11) is -0.521. The molecule has 0 bridgehead atoms. The fourth-order valence-electron chi connectivity index (χ4n) is 3.40. The third-order valence-corrected chi connectivity index (χ3v) is 5.59. The Morgan fingerprint density at radius 1 is 1.07 bits per heavy atom. The van der Waals surface area contributed by atoms with Crippen molar-refractivity contribution in [3.63, 3.8) is 0 Å². The molecule has 0 aliphatic carbocycles. The minimum Gasteiger partial charge on any atom is -0.465 e. The molecular weight excluding hydrogens is 345 g/mol. The summed E-state index contributed by atoms with van der Waals surface area (Å²) >= 11 is 0. The number of rotatable bonds is 2. The molecule has 4 rings (SSSR count). The molecule has 0 unspecified atom stereocenters. The zero-order chi connectivity index (χ0) is 19.4. The van der Waals surface area contributed by atoms with Crippen molar-refractivity contribution in [3.8, 4) is 11.5 Å². The van der Waals surface area contributed by atoms with Crippen molar-refractivity contribution in [2.75, 3.05) is 5.32 Å². The smallest absolute Gasteiger partial charge is 0.465 e. The molecule has 6 nitrogen and oxygen atoms in total. The van der Waals surface area contributed by atoms with Crippen LogP contribution in [0.2, 0.25) is 0 Å². The maximum Gasteiger partial charge on any atom is 0.498 e. The fourth-order valence-corrected chi connectivity index (χ4v) is 3.40. The van der Waals surface area contributed by atoms with Crippen LogP contribution in [-0.4, -0.2) is 29.5 Å². The summed E-state index contributed by atoms with van der Waals surface area (Å²) in [5, 5.41) is 11.5. The van der Waals surface area contributed by atoms with Gasteiger partial charge in [0.15, 0.2) is 0 Å². The maximum absolute atomic E-state index is 11.1. The van der Waals surface area contributed by atoms with E-state index in [1.165, 1.54) is 0 Å². The Bertz CT molecular complexity index is 909. The highest BCUT2D eigenvalue weighted by atomic mass is 16.7. The van der Waals surface area contributed by atoms with Gasteiger partial charge in [0.25, 0.3) is 0 Å². The van der Waals surface area contributed by atoms with Gasteiger partial charge in [-0.2, -0.15) is 0 Å². The number of carboxylic acid groups (broad SMARTS) is 1. The first kappa shape index (κ1) is 17.9. The van der Waals surface area contributed by atoms with Crippen molar-refractivity contribution in [2.24, 2.45) is 0 Å². The number of anilines is 1. The van der Waals surface area contributed by atoms with Crippen LogP contribution in [0.5, 0.6) is 11.5 Å². The summed E-state index contributed by atoms with van der Waals surface area (Å²) in [6.07, 6.45) is -0.533. The summed E-state index contributed by atoms with van der Waals surface area (Å²) in [4.78, 5) is 11.1. The largest absolute Gasteiger partial charge is 0.498 e. The zero-order valence-electron chi connectivity index (χ0n) is 15.8. The van der Waals surface area contributed by atoms with Crippen LogP contribution >= 0.6 is 0 Å². The number of carbonyl (C=O) groups is 1. The third kappa shape index (κ3) is 2.97. The number of hydrogen-bond donors (Lipinski definition) is 2. The van der Waals surface area contributed by atoms with E-state index in [4.69, 9.17) is 19.2 Å². The highest BCUT2D eigenvalue weighted by molar-refractivity contribution is 6.63. The van der Waals surface area contributed by atoms with Crippen LogP contribution in [-0.2, 0) is 15.7 Å². The molecule has 0 spiro atoms. The summed E-state index contributed by atoms with van der Waals surface area (Å²) < 4.78 is 18.6. The highest BCUT2D eigenvalue weighted by Crippen LogP contribution is 2.41. The topological polar surface area (TPSA) is 77.0 Å². The minimum absolute atomic E-state index is 0.439. The number of benzene rings is 2. The Kier molecular flexibility index (Phi) is 3.98. The van der Waals surface area contributed by atoms with Gasteiger partial charge in [0, 0.05) is 17.4 Å². The summed E-state index contributed by atoms with van der Waals surface area (Å²) in [6.45, 7) is 8.07. The first-order valence-electron chi connectivity index (χ1n) is 8.95. The lowest BCUT2D eigenvalue weighted by atomic mass is 9.76. The SMILES string of the molecule is CC1(C)OB(c2cccc3c2Oc2cccc(NC(=O)O)c2C3)OC1(C)C. The predicted octanol–water partition coefficient (Wildman–Crippen LogP) is 3.77. The molecule has 7 heteroatoms. The number of ether oxygens (including phenoxy) is 1. The average molecular weight is 367 g/mol. The molecule has 0 aromatic heterocycles. The van der Waals surface area contributed by atoms with Crippen LogP contribution in [0, 0.1) is 0 Å². The van der Waals surface area contributed by atoms with Crippen molar-refractivity contribution >= 4 is 24.4 Å². The predicted molar refractivity (Wildman–Crippen MR) is 103 cm³/mol. The third-order valence-electron chi connectivity index (χ3n) is 5.59. The van der Waals surface area contributed by atoms with E-state index in [0.29, 0.717) is 17.9 Å². The van der Waals surface area contributed by atoms with Gasteiger partial charge in [-0.15, -0.1) is 0 Å². The number of para-hydroxylation sites is 1. The van der Waals surface area contributed by atoms with Crippen molar-refractivity contribution in [1.29, 1.82) is 0 Å². The lowest BCUT2D eigenvalue weighted by Crippen LogP contribution is -2.41. The Morgan fingerprint density at radius 2 is 1.74 bits per heavy atom. The quantitative estimate of drug-likeness (QED) is 0.675. The Hall–Kier alpha value is -2.51. The first-order chi connectivity index (χ1) is 12.7. The lowest BCUT2D eigenvalue weighted by molar-refractivity contribution is 0.00578. The van der Waals surface area contributed by atoms with E-state index in [1.807, 2.05) is 52.0 Å². The van der Waals surface area contributed by atoms with Crippen molar-refractivity contribution in [1.82, 2.24) is 0 Å². The van der Waals surface area contributed by atoms with Gasteiger partial charge in [-0.05, 0) is 45.4 Å². The van der Waals surface area contributed by atoms with Gasteiger partial charge in [-0.3, -0.25) is 5.32 Å². The zero-order valence-corrected chi connectivity index (χ0v) is 15.8. The fraction of sp³-hybridized carbons (Fsp3) is 0.350. The van der Waals surface area contributed by atoms with Crippen LogP contribution in [0.25, 0.3) is 0 Å².